The van der Waals surface area contributed by atoms with Gasteiger partial charge in [0.1, 0.15) is 0 Å². The van der Waals surface area contributed by atoms with E-state index in [4.69, 9.17) is 9.47 Å². The number of hydrogen-bond acceptors (Lipinski definition) is 4. The van der Waals surface area contributed by atoms with Crippen molar-refractivity contribution in [2.24, 2.45) is 16.8 Å². The summed E-state index contributed by atoms with van der Waals surface area (Å²) in [5.41, 5.74) is 1.21. The summed E-state index contributed by atoms with van der Waals surface area (Å²) in [6, 6.07) is 10.3. The zero-order chi connectivity index (χ0) is 19.3. The number of aliphatic imine (C=N–C) groups is 1. The van der Waals surface area contributed by atoms with Gasteiger partial charge in [0.25, 0.3) is 0 Å². The number of benzene rings is 1. The van der Waals surface area contributed by atoms with Crippen molar-refractivity contribution in [3.05, 3.63) is 35.9 Å². The lowest BCUT2D eigenvalue weighted by Crippen LogP contribution is -2.44. The molecule has 0 spiro atoms. The molecule has 2 rings (SSSR count). The van der Waals surface area contributed by atoms with Crippen LogP contribution in [0.15, 0.2) is 35.3 Å². The summed E-state index contributed by atoms with van der Waals surface area (Å²) < 4.78 is 11.2. The average molecular weight is 377 g/mol. The molecule has 2 atom stereocenters. The molecule has 0 amide bonds. The monoisotopic (exact) mass is 376 g/mol. The molecule has 2 N–H and O–H groups in total. The second-order valence-electron chi connectivity index (χ2n) is 7.46. The molecule has 1 heterocycles. The van der Waals surface area contributed by atoms with Gasteiger partial charge in [-0.1, -0.05) is 44.2 Å². The standard InChI is InChI=1S/C21H36N4O2/c1-18(15-25-9-11-26-12-10-25)13-23-21(22-3)24-14-19(2)16-27-17-20-7-5-4-6-8-20/h4-8,18-19H,9-17H2,1-3H3,(H2,22,23,24). The highest BCUT2D eigenvalue weighted by Crippen LogP contribution is 2.04. The van der Waals surface area contributed by atoms with Crippen molar-refractivity contribution >= 4 is 5.96 Å². The van der Waals surface area contributed by atoms with Crippen molar-refractivity contribution in [1.29, 1.82) is 0 Å². The first kappa shape index (κ1) is 21.7. The molecule has 0 radical (unpaired) electrons. The number of morpholine rings is 1. The smallest absolute Gasteiger partial charge is 0.190 e. The summed E-state index contributed by atoms with van der Waals surface area (Å²) in [7, 11) is 1.82. The largest absolute Gasteiger partial charge is 0.379 e. The predicted molar refractivity (Wildman–Crippen MR) is 111 cm³/mol. The highest BCUT2D eigenvalue weighted by Gasteiger charge is 2.14. The lowest BCUT2D eigenvalue weighted by atomic mass is 10.1. The predicted octanol–water partition coefficient (Wildman–Crippen LogP) is 1.97. The van der Waals surface area contributed by atoms with Gasteiger partial charge >= 0.3 is 0 Å². The Labute approximate surface area is 164 Å². The van der Waals surface area contributed by atoms with Crippen LogP contribution in [0.4, 0.5) is 0 Å². The van der Waals surface area contributed by atoms with E-state index in [0.717, 1.165) is 58.5 Å². The molecule has 1 aliphatic rings. The Balaban J connectivity index is 1.57. The maximum Gasteiger partial charge on any atom is 0.190 e. The Morgan fingerprint density at radius 2 is 1.78 bits per heavy atom. The summed E-state index contributed by atoms with van der Waals surface area (Å²) in [5.74, 6) is 1.84. The fourth-order valence-corrected chi connectivity index (χ4v) is 3.06. The molecule has 0 aliphatic carbocycles. The highest BCUT2D eigenvalue weighted by atomic mass is 16.5. The number of hydrogen-bond donors (Lipinski definition) is 2. The van der Waals surface area contributed by atoms with E-state index in [1.807, 2.05) is 25.2 Å². The maximum atomic E-state index is 5.81. The second-order valence-corrected chi connectivity index (χ2v) is 7.46. The summed E-state index contributed by atoms with van der Waals surface area (Å²) in [5, 5.41) is 6.84. The Hall–Kier alpha value is -1.63. The van der Waals surface area contributed by atoms with Crippen LogP contribution in [0.5, 0.6) is 0 Å². The molecule has 1 aromatic rings. The molecular formula is C21H36N4O2. The third kappa shape index (κ3) is 9.22. The van der Waals surface area contributed by atoms with Gasteiger partial charge in [-0.05, 0) is 17.4 Å². The van der Waals surface area contributed by atoms with E-state index in [9.17, 15) is 0 Å². The third-order valence-electron chi connectivity index (χ3n) is 4.65. The van der Waals surface area contributed by atoms with Gasteiger partial charge in [-0.3, -0.25) is 9.89 Å². The highest BCUT2D eigenvalue weighted by molar-refractivity contribution is 5.79. The van der Waals surface area contributed by atoms with E-state index in [1.54, 1.807) is 0 Å². The first-order valence-corrected chi connectivity index (χ1v) is 10.0. The van der Waals surface area contributed by atoms with Crippen LogP contribution in [0, 0.1) is 11.8 Å². The van der Waals surface area contributed by atoms with Crippen molar-refractivity contribution in [3.8, 4) is 0 Å². The molecule has 1 fully saturated rings. The molecule has 6 nitrogen and oxygen atoms in total. The minimum Gasteiger partial charge on any atom is -0.379 e. The van der Waals surface area contributed by atoms with E-state index >= 15 is 0 Å². The number of nitrogens with zero attached hydrogens (tertiary/aromatic N) is 2. The number of rotatable bonds is 10. The zero-order valence-corrected chi connectivity index (χ0v) is 17.1. The van der Waals surface area contributed by atoms with Gasteiger partial charge in [0, 0.05) is 39.8 Å². The lowest BCUT2D eigenvalue weighted by molar-refractivity contribution is 0.0320. The van der Waals surface area contributed by atoms with Crippen LogP contribution < -0.4 is 10.6 Å². The molecule has 1 aromatic carbocycles. The zero-order valence-electron chi connectivity index (χ0n) is 17.1. The van der Waals surface area contributed by atoms with Crippen molar-refractivity contribution in [2.75, 3.05) is 59.6 Å². The minimum atomic E-state index is 0.415. The summed E-state index contributed by atoms with van der Waals surface area (Å²) in [6.07, 6.45) is 0. The first-order valence-electron chi connectivity index (χ1n) is 10.0. The normalized spacial score (nSPS) is 18.1. The third-order valence-corrected chi connectivity index (χ3v) is 4.65. The minimum absolute atomic E-state index is 0.415. The molecular weight excluding hydrogens is 340 g/mol. The van der Waals surface area contributed by atoms with Crippen LogP contribution in [0.2, 0.25) is 0 Å². The van der Waals surface area contributed by atoms with Crippen molar-refractivity contribution in [1.82, 2.24) is 15.5 Å². The van der Waals surface area contributed by atoms with E-state index in [-0.39, 0.29) is 0 Å². The second kappa shape index (κ2) is 12.7. The Morgan fingerprint density at radius 1 is 1.11 bits per heavy atom. The Morgan fingerprint density at radius 3 is 2.44 bits per heavy atom. The Kier molecular flexibility index (Phi) is 10.2. The number of guanidine groups is 1. The Bertz CT molecular complexity index is 532. The van der Waals surface area contributed by atoms with Crippen LogP contribution >= 0.6 is 0 Å². The van der Waals surface area contributed by atoms with Crippen LogP contribution in [0.1, 0.15) is 19.4 Å². The van der Waals surface area contributed by atoms with Gasteiger partial charge in [-0.15, -0.1) is 0 Å². The SMILES string of the molecule is CN=C(NCC(C)COCc1ccccc1)NCC(C)CN1CCOCC1. The molecule has 27 heavy (non-hydrogen) atoms. The molecule has 2 unspecified atom stereocenters. The van der Waals surface area contributed by atoms with Crippen LogP contribution in [0.3, 0.4) is 0 Å². The molecule has 152 valence electrons. The molecule has 1 aliphatic heterocycles. The van der Waals surface area contributed by atoms with Gasteiger partial charge in [0.2, 0.25) is 0 Å². The molecule has 0 saturated carbocycles. The van der Waals surface area contributed by atoms with E-state index < -0.39 is 0 Å². The fourth-order valence-electron chi connectivity index (χ4n) is 3.06. The number of ether oxygens (including phenoxy) is 2. The summed E-state index contributed by atoms with van der Waals surface area (Å²) in [4.78, 5) is 6.80. The first-order chi connectivity index (χ1) is 13.2. The van der Waals surface area contributed by atoms with Crippen molar-refractivity contribution in [3.63, 3.8) is 0 Å². The van der Waals surface area contributed by atoms with Gasteiger partial charge < -0.3 is 20.1 Å². The fraction of sp³-hybridized carbons (Fsp3) is 0.667. The maximum absolute atomic E-state index is 5.81. The quantitative estimate of drug-likeness (QED) is 0.483. The molecule has 0 bridgehead atoms. The molecule has 0 aromatic heterocycles. The van der Waals surface area contributed by atoms with Gasteiger partial charge in [-0.25, -0.2) is 0 Å². The van der Waals surface area contributed by atoms with Gasteiger partial charge in [0.15, 0.2) is 5.96 Å². The van der Waals surface area contributed by atoms with Crippen LogP contribution in [-0.2, 0) is 16.1 Å². The molecule has 6 heteroatoms. The average Bonchev–Trinajstić information content (AvgIpc) is 2.69. The van der Waals surface area contributed by atoms with Crippen LogP contribution in [-0.4, -0.2) is 70.5 Å². The van der Waals surface area contributed by atoms with Crippen molar-refractivity contribution < 1.29 is 9.47 Å². The van der Waals surface area contributed by atoms with Crippen molar-refractivity contribution in [2.45, 2.75) is 20.5 Å². The van der Waals surface area contributed by atoms with E-state index in [1.165, 1.54) is 5.56 Å². The number of nitrogens with one attached hydrogen (secondary N) is 2. The van der Waals surface area contributed by atoms with Gasteiger partial charge in [-0.2, -0.15) is 0 Å². The summed E-state index contributed by atoms with van der Waals surface area (Å²) in [6.45, 7) is 12.5. The van der Waals surface area contributed by atoms with Crippen LogP contribution in [0.25, 0.3) is 0 Å². The topological polar surface area (TPSA) is 58.1 Å². The summed E-state index contributed by atoms with van der Waals surface area (Å²) >= 11 is 0. The lowest BCUT2D eigenvalue weighted by Gasteiger charge is -2.29. The van der Waals surface area contributed by atoms with E-state index in [0.29, 0.717) is 18.4 Å². The van der Waals surface area contributed by atoms with E-state index in [2.05, 4.69) is 46.5 Å². The molecule has 1 saturated heterocycles. The van der Waals surface area contributed by atoms with Gasteiger partial charge in [0.05, 0.1) is 26.4 Å².